The van der Waals surface area contributed by atoms with E-state index in [2.05, 4.69) is 11.7 Å². The monoisotopic (exact) mass is 528 g/mol. The molecule has 0 bridgehead atoms. The largest absolute Gasteiger partial charge is 0.432 e. The zero-order chi connectivity index (χ0) is 26.9. The second kappa shape index (κ2) is 10.7. The Kier molecular flexibility index (Phi) is 7.80. The van der Waals surface area contributed by atoms with Crippen LogP contribution in [0.2, 0.25) is 0 Å². The summed E-state index contributed by atoms with van der Waals surface area (Å²) in [5.74, 6) is -10.2. The number of halogens is 8. The van der Waals surface area contributed by atoms with Gasteiger partial charge in [-0.2, -0.15) is 8.78 Å². The third-order valence-electron chi connectivity index (χ3n) is 6.98. The molecule has 1 saturated carbocycles. The molecular formula is C28H24F8O. The van der Waals surface area contributed by atoms with E-state index in [9.17, 15) is 30.7 Å². The van der Waals surface area contributed by atoms with Crippen molar-refractivity contribution in [2.45, 2.75) is 57.5 Å². The van der Waals surface area contributed by atoms with Gasteiger partial charge in [0.05, 0.1) is 0 Å². The smallest absolute Gasteiger partial charge is 0.429 e. The number of benzene rings is 3. The van der Waals surface area contributed by atoms with E-state index in [4.69, 9.17) is 0 Å². The highest BCUT2D eigenvalue weighted by Crippen LogP contribution is 2.39. The Morgan fingerprint density at radius 3 is 2.00 bits per heavy atom. The highest BCUT2D eigenvalue weighted by Gasteiger charge is 2.41. The maximum atomic E-state index is 15.0. The predicted molar refractivity (Wildman–Crippen MR) is 122 cm³/mol. The van der Waals surface area contributed by atoms with E-state index in [-0.39, 0.29) is 29.2 Å². The Morgan fingerprint density at radius 2 is 1.41 bits per heavy atom. The van der Waals surface area contributed by atoms with Crippen molar-refractivity contribution >= 4 is 0 Å². The van der Waals surface area contributed by atoms with Gasteiger partial charge in [-0.1, -0.05) is 38.3 Å². The molecule has 1 nitrogen and oxygen atoms in total. The van der Waals surface area contributed by atoms with E-state index in [1.807, 2.05) is 0 Å². The third kappa shape index (κ3) is 5.75. The van der Waals surface area contributed by atoms with Crippen LogP contribution >= 0.6 is 0 Å². The van der Waals surface area contributed by atoms with Crippen molar-refractivity contribution in [3.63, 3.8) is 0 Å². The van der Waals surface area contributed by atoms with E-state index in [0.29, 0.717) is 18.1 Å². The zero-order valence-electron chi connectivity index (χ0n) is 19.9. The molecule has 2 unspecified atom stereocenters. The van der Waals surface area contributed by atoms with Crippen LogP contribution < -0.4 is 4.74 Å². The highest BCUT2D eigenvalue weighted by atomic mass is 19.3. The fourth-order valence-electron chi connectivity index (χ4n) is 4.94. The number of alkyl halides is 2. The van der Waals surface area contributed by atoms with Crippen molar-refractivity contribution in [1.29, 1.82) is 0 Å². The summed E-state index contributed by atoms with van der Waals surface area (Å²) >= 11 is 0. The van der Waals surface area contributed by atoms with Crippen LogP contribution in [0.25, 0.3) is 11.1 Å². The zero-order valence-corrected chi connectivity index (χ0v) is 19.9. The first-order valence-corrected chi connectivity index (χ1v) is 12.0. The number of rotatable bonds is 6. The van der Waals surface area contributed by atoms with Crippen LogP contribution in [-0.2, 0) is 6.11 Å². The van der Waals surface area contributed by atoms with Gasteiger partial charge in [0.2, 0.25) is 0 Å². The van der Waals surface area contributed by atoms with Crippen LogP contribution in [-0.4, -0.2) is 0 Å². The van der Waals surface area contributed by atoms with Crippen LogP contribution in [0.1, 0.15) is 62.5 Å². The fraction of sp³-hybridized carbons (Fsp3) is 0.357. The van der Waals surface area contributed by atoms with Crippen molar-refractivity contribution in [3.05, 3.63) is 88.5 Å². The van der Waals surface area contributed by atoms with Gasteiger partial charge in [0, 0.05) is 17.7 Å². The first-order chi connectivity index (χ1) is 17.5. The van der Waals surface area contributed by atoms with Crippen molar-refractivity contribution in [1.82, 2.24) is 0 Å². The average molecular weight is 528 g/mol. The van der Waals surface area contributed by atoms with Crippen molar-refractivity contribution in [3.8, 4) is 16.9 Å². The number of ether oxygens (including phenoxy) is 1. The minimum absolute atomic E-state index is 0.115. The summed E-state index contributed by atoms with van der Waals surface area (Å²) in [6, 6.07) is 5.63. The molecule has 0 amide bonds. The van der Waals surface area contributed by atoms with Crippen LogP contribution in [0.3, 0.4) is 0 Å². The molecule has 0 radical (unpaired) electrons. The number of hydrogen-bond acceptors (Lipinski definition) is 1. The molecule has 0 saturated heterocycles. The van der Waals surface area contributed by atoms with Crippen molar-refractivity contribution in [2.75, 3.05) is 0 Å². The van der Waals surface area contributed by atoms with Gasteiger partial charge >= 0.3 is 6.11 Å². The summed E-state index contributed by atoms with van der Waals surface area (Å²) < 4.78 is 117. The number of hydrogen-bond donors (Lipinski definition) is 0. The molecule has 198 valence electrons. The summed E-state index contributed by atoms with van der Waals surface area (Å²) in [5, 5.41) is 0. The quantitative estimate of drug-likeness (QED) is 0.176. The van der Waals surface area contributed by atoms with Crippen molar-refractivity contribution < 1.29 is 39.9 Å². The Hall–Kier alpha value is -3.10. The molecule has 3 aromatic carbocycles. The summed E-state index contributed by atoms with van der Waals surface area (Å²) in [5.41, 5.74) is -1.57. The maximum absolute atomic E-state index is 15.0. The minimum atomic E-state index is -4.72. The van der Waals surface area contributed by atoms with E-state index >= 15 is 4.39 Å². The molecule has 0 heterocycles. The maximum Gasteiger partial charge on any atom is 0.432 e. The van der Waals surface area contributed by atoms with Crippen LogP contribution in [0, 0.1) is 40.8 Å². The summed E-state index contributed by atoms with van der Waals surface area (Å²) in [4.78, 5) is 0. The SMILES string of the molecule is CCC1CCCC(c2ccc(-c3cc(F)c(C(F)(F)Oc4cc(F)c(F)c(F)c4)c(F)c3)c(F)c2)CC1. The summed E-state index contributed by atoms with van der Waals surface area (Å²) in [6.07, 6.45) is 1.37. The Balaban J connectivity index is 1.60. The lowest BCUT2D eigenvalue weighted by atomic mass is 9.89. The Labute approximate surface area is 209 Å². The van der Waals surface area contributed by atoms with Gasteiger partial charge in [0.1, 0.15) is 28.8 Å². The van der Waals surface area contributed by atoms with Gasteiger partial charge in [-0.05, 0) is 60.4 Å². The molecule has 37 heavy (non-hydrogen) atoms. The predicted octanol–water partition coefficient (Wildman–Crippen LogP) is 9.39. The van der Waals surface area contributed by atoms with E-state index in [1.54, 1.807) is 6.07 Å². The standard InChI is InChI=1S/C28H24F8O/c1-2-15-4-3-5-16(7-6-15)17-8-9-20(21(29)10-17)18-11-22(30)26(23(31)12-18)28(35,36)37-19-13-24(32)27(34)25(33)14-19/h8-16H,2-7H2,1H3. The van der Waals surface area contributed by atoms with Crippen LogP contribution in [0.15, 0.2) is 42.5 Å². The van der Waals surface area contributed by atoms with Gasteiger partial charge in [-0.3, -0.25) is 0 Å². The van der Waals surface area contributed by atoms with Crippen LogP contribution in [0.4, 0.5) is 35.1 Å². The Bertz CT molecular complexity index is 1240. The first kappa shape index (κ1) is 26.9. The second-order valence-corrected chi connectivity index (χ2v) is 9.35. The van der Waals surface area contributed by atoms with Gasteiger partial charge in [-0.15, -0.1) is 0 Å². The topological polar surface area (TPSA) is 9.23 Å². The fourth-order valence-corrected chi connectivity index (χ4v) is 4.94. The van der Waals surface area contributed by atoms with Gasteiger partial charge in [0.25, 0.3) is 0 Å². The minimum Gasteiger partial charge on any atom is -0.429 e. The molecule has 0 N–H and O–H groups in total. The molecule has 0 spiro atoms. The Morgan fingerprint density at radius 1 is 0.757 bits per heavy atom. The molecule has 4 rings (SSSR count). The lowest BCUT2D eigenvalue weighted by Crippen LogP contribution is -2.25. The molecule has 1 aliphatic carbocycles. The lowest BCUT2D eigenvalue weighted by Gasteiger charge is -2.20. The van der Waals surface area contributed by atoms with E-state index < -0.39 is 52.3 Å². The highest BCUT2D eigenvalue weighted by molar-refractivity contribution is 5.65. The summed E-state index contributed by atoms with van der Waals surface area (Å²) in [7, 11) is 0. The van der Waals surface area contributed by atoms with Crippen molar-refractivity contribution in [2.24, 2.45) is 5.92 Å². The van der Waals surface area contributed by atoms with E-state index in [0.717, 1.165) is 44.1 Å². The molecule has 0 aliphatic heterocycles. The van der Waals surface area contributed by atoms with Gasteiger partial charge < -0.3 is 4.74 Å². The molecular weight excluding hydrogens is 504 g/mol. The molecule has 2 atom stereocenters. The van der Waals surface area contributed by atoms with Crippen LogP contribution in [0.5, 0.6) is 5.75 Å². The normalized spacial score (nSPS) is 18.5. The lowest BCUT2D eigenvalue weighted by molar-refractivity contribution is -0.189. The molecule has 9 heteroatoms. The first-order valence-electron chi connectivity index (χ1n) is 12.0. The molecule has 3 aromatic rings. The third-order valence-corrected chi connectivity index (χ3v) is 6.98. The molecule has 1 fully saturated rings. The summed E-state index contributed by atoms with van der Waals surface area (Å²) in [6.45, 7) is 2.15. The average Bonchev–Trinajstić information content (AvgIpc) is 3.07. The second-order valence-electron chi connectivity index (χ2n) is 9.35. The molecule has 0 aromatic heterocycles. The molecule has 1 aliphatic rings. The van der Waals surface area contributed by atoms with E-state index in [1.165, 1.54) is 12.1 Å². The van der Waals surface area contributed by atoms with Gasteiger partial charge in [0.15, 0.2) is 17.5 Å². The van der Waals surface area contributed by atoms with Gasteiger partial charge in [-0.25, -0.2) is 26.3 Å².